The van der Waals surface area contributed by atoms with E-state index >= 15 is 0 Å². The fourth-order valence-corrected chi connectivity index (χ4v) is 5.73. The van der Waals surface area contributed by atoms with Crippen LogP contribution in [0.2, 0.25) is 0 Å². The quantitative estimate of drug-likeness (QED) is 0.437. The SMILES string of the molecule is C=C/C=C(\N=C)C1(Nc2ccc(N3Sc4ccccc4S3=O)cc2)CC1. The molecule has 0 spiro atoms. The number of allylic oxidation sites excluding steroid dienone is 2. The van der Waals surface area contributed by atoms with Crippen LogP contribution in [0.1, 0.15) is 12.8 Å². The van der Waals surface area contributed by atoms with Crippen molar-refractivity contribution in [1.29, 1.82) is 0 Å². The van der Waals surface area contributed by atoms with E-state index in [-0.39, 0.29) is 5.54 Å². The first-order valence-electron chi connectivity index (χ1n) is 8.34. The minimum Gasteiger partial charge on any atom is -0.374 e. The van der Waals surface area contributed by atoms with Gasteiger partial charge in [0.1, 0.15) is 0 Å². The molecule has 2 aromatic rings. The van der Waals surface area contributed by atoms with Crippen LogP contribution in [0.5, 0.6) is 0 Å². The van der Waals surface area contributed by atoms with Crippen LogP contribution >= 0.6 is 11.9 Å². The second kappa shape index (κ2) is 6.78. The molecule has 4 nitrogen and oxygen atoms in total. The van der Waals surface area contributed by atoms with Crippen molar-refractivity contribution in [3.63, 3.8) is 0 Å². The van der Waals surface area contributed by atoms with Gasteiger partial charge < -0.3 is 5.32 Å². The zero-order valence-corrected chi connectivity index (χ0v) is 15.9. The van der Waals surface area contributed by atoms with E-state index < -0.39 is 11.0 Å². The number of fused-ring (bicyclic) bond motifs is 1. The van der Waals surface area contributed by atoms with E-state index in [1.807, 2.05) is 58.3 Å². The molecule has 1 aliphatic heterocycles. The first-order chi connectivity index (χ1) is 12.7. The van der Waals surface area contributed by atoms with Crippen LogP contribution in [-0.4, -0.2) is 16.5 Å². The fraction of sp³-hybridized carbons (Fsp3) is 0.150. The zero-order chi connectivity index (χ0) is 18.1. The summed E-state index contributed by atoms with van der Waals surface area (Å²) in [6, 6.07) is 15.8. The summed E-state index contributed by atoms with van der Waals surface area (Å²) in [7, 11) is -1.18. The summed E-state index contributed by atoms with van der Waals surface area (Å²) >= 11 is 1.51. The van der Waals surface area contributed by atoms with Gasteiger partial charge in [-0.25, -0.2) is 7.92 Å². The predicted octanol–water partition coefficient (Wildman–Crippen LogP) is 4.95. The molecule has 0 radical (unpaired) electrons. The molecule has 6 heteroatoms. The van der Waals surface area contributed by atoms with Crippen molar-refractivity contribution in [3.8, 4) is 0 Å². The first kappa shape index (κ1) is 17.1. The van der Waals surface area contributed by atoms with E-state index in [0.29, 0.717) is 0 Å². The summed E-state index contributed by atoms with van der Waals surface area (Å²) in [6.07, 6.45) is 5.69. The maximum atomic E-state index is 12.7. The van der Waals surface area contributed by atoms with Gasteiger partial charge in [0.25, 0.3) is 0 Å². The highest BCUT2D eigenvalue weighted by atomic mass is 32.2. The van der Waals surface area contributed by atoms with Crippen molar-refractivity contribution in [2.24, 2.45) is 4.99 Å². The Balaban J connectivity index is 1.52. The smallest absolute Gasteiger partial charge is 0.164 e. The van der Waals surface area contributed by atoms with Gasteiger partial charge in [0.15, 0.2) is 11.0 Å². The molecule has 0 saturated heterocycles. The summed E-state index contributed by atoms with van der Waals surface area (Å²) in [6.45, 7) is 7.42. The Morgan fingerprint density at radius 1 is 1.23 bits per heavy atom. The summed E-state index contributed by atoms with van der Waals surface area (Å²) in [4.78, 5) is 6.06. The van der Waals surface area contributed by atoms with Crippen molar-refractivity contribution in [2.45, 2.75) is 28.2 Å². The summed E-state index contributed by atoms with van der Waals surface area (Å²) < 4.78 is 14.5. The molecule has 1 heterocycles. The van der Waals surface area contributed by atoms with Crippen LogP contribution in [0, 0.1) is 0 Å². The van der Waals surface area contributed by atoms with Gasteiger partial charge in [0.05, 0.1) is 21.8 Å². The Kier molecular flexibility index (Phi) is 4.46. The third-order valence-corrected chi connectivity index (χ3v) is 7.45. The molecular weight excluding hydrogens is 362 g/mol. The standard InChI is InChI=1S/C20H19N3OS2/c1-3-6-19(21-2)20(13-14-20)22-15-9-11-16(12-10-15)23-25-17-7-4-5-8-18(17)26(23)24/h3-12,22H,1-2,13-14H2/b19-6-. The van der Waals surface area contributed by atoms with Crippen molar-refractivity contribution in [3.05, 3.63) is 73.0 Å². The Bertz CT molecular complexity index is 917. The molecule has 2 aliphatic rings. The molecule has 0 amide bonds. The average Bonchev–Trinajstić information content (AvgIpc) is 3.37. The first-order valence-corrected chi connectivity index (χ1v) is 10.2. The lowest BCUT2D eigenvalue weighted by molar-refractivity contribution is 0.684. The predicted molar refractivity (Wildman–Crippen MR) is 111 cm³/mol. The molecule has 2 aromatic carbocycles. The summed E-state index contributed by atoms with van der Waals surface area (Å²) in [5.41, 5.74) is 2.71. The van der Waals surface area contributed by atoms with Gasteiger partial charge in [-0.05, 0) is 62.0 Å². The number of hydrogen-bond acceptors (Lipinski definition) is 4. The van der Waals surface area contributed by atoms with Gasteiger partial charge in [-0.2, -0.15) is 0 Å². The van der Waals surface area contributed by atoms with Gasteiger partial charge in [-0.15, -0.1) is 0 Å². The van der Waals surface area contributed by atoms with Crippen LogP contribution in [-0.2, 0) is 11.0 Å². The molecule has 1 N–H and O–H groups in total. The van der Waals surface area contributed by atoms with E-state index in [1.54, 1.807) is 6.08 Å². The number of benzene rings is 2. The van der Waals surface area contributed by atoms with Crippen LogP contribution < -0.4 is 9.03 Å². The monoisotopic (exact) mass is 381 g/mol. The Morgan fingerprint density at radius 2 is 1.96 bits per heavy atom. The molecule has 1 atom stereocenters. The van der Waals surface area contributed by atoms with E-state index in [9.17, 15) is 4.21 Å². The van der Waals surface area contributed by atoms with Crippen molar-refractivity contribution >= 4 is 41.0 Å². The number of rotatable bonds is 6. The Hall–Kier alpha value is -2.31. The minimum absolute atomic E-state index is 0.140. The van der Waals surface area contributed by atoms with Crippen molar-refractivity contribution in [1.82, 2.24) is 0 Å². The molecule has 1 unspecified atom stereocenters. The molecule has 1 fully saturated rings. The molecule has 1 aliphatic carbocycles. The van der Waals surface area contributed by atoms with Crippen LogP contribution in [0.3, 0.4) is 0 Å². The van der Waals surface area contributed by atoms with E-state index in [1.165, 1.54) is 11.9 Å². The van der Waals surface area contributed by atoms with Gasteiger partial charge in [-0.1, -0.05) is 24.8 Å². The number of hydrogen-bond donors (Lipinski definition) is 1. The lowest BCUT2D eigenvalue weighted by Crippen LogP contribution is -2.23. The average molecular weight is 382 g/mol. The minimum atomic E-state index is -1.18. The largest absolute Gasteiger partial charge is 0.374 e. The highest BCUT2D eigenvalue weighted by Crippen LogP contribution is 2.46. The van der Waals surface area contributed by atoms with E-state index in [2.05, 4.69) is 23.6 Å². The summed E-state index contributed by atoms with van der Waals surface area (Å²) in [5, 5.41) is 3.56. The van der Waals surface area contributed by atoms with Crippen LogP contribution in [0.25, 0.3) is 0 Å². The fourth-order valence-electron chi connectivity index (χ4n) is 3.02. The third kappa shape index (κ3) is 2.99. The van der Waals surface area contributed by atoms with Crippen molar-refractivity contribution < 1.29 is 4.21 Å². The molecule has 0 bridgehead atoms. The zero-order valence-electron chi connectivity index (χ0n) is 14.2. The van der Waals surface area contributed by atoms with Gasteiger partial charge >= 0.3 is 0 Å². The number of aliphatic imine (C=N–C) groups is 1. The van der Waals surface area contributed by atoms with Crippen LogP contribution in [0.4, 0.5) is 11.4 Å². The Labute approximate surface area is 160 Å². The second-order valence-corrected chi connectivity index (χ2v) is 8.77. The maximum Gasteiger partial charge on any atom is 0.164 e. The molecular formula is C20H19N3OS2. The van der Waals surface area contributed by atoms with Crippen molar-refractivity contribution in [2.75, 3.05) is 9.03 Å². The molecule has 132 valence electrons. The maximum absolute atomic E-state index is 12.7. The van der Waals surface area contributed by atoms with E-state index in [4.69, 9.17) is 0 Å². The Morgan fingerprint density at radius 3 is 2.58 bits per heavy atom. The topological polar surface area (TPSA) is 44.7 Å². The van der Waals surface area contributed by atoms with Crippen LogP contribution in [0.15, 0.2) is 87.7 Å². The molecule has 1 saturated carbocycles. The molecule has 26 heavy (non-hydrogen) atoms. The number of anilines is 2. The number of nitrogens with one attached hydrogen (secondary N) is 1. The normalized spacial score (nSPS) is 20.4. The van der Waals surface area contributed by atoms with Gasteiger partial charge in [-0.3, -0.25) is 4.99 Å². The molecule has 4 rings (SSSR count). The lowest BCUT2D eigenvalue weighted by Gasteiger charge is -2.20. The second-order valence-electron chi connectivity index (χ2n) is 6.24. The highest BCUT2D eigenvalue weighted by Gasteiger charge is 2.46. The third-order valence-electron chi connectivity index (χ3n) is 4.52. The summed E-state index contributed by atoms with van der Waals surface area (Å²) in [5.74, 6) is 0. The number of nitrogens with zero attached hydrogens (tertiary/aromatic N) is 2. The molecule has 0 aromatic heterocycles. The highest BCUT2D eigenvalue weighted by molar-refractivity contribution is 8.14. The van der Waals surface area contributed by atoms with Gasteiger partial charge in [0, 0.05) is 22.5 Å². The lowest BCUT2D eigenvalue weighted by atomic mass is 10.1. The van der Waals surface area contributed by atoms with E-state index in [0.717, 1.165) is 39.7 Å². The van der Waals surface area contributed by atoms with Gasteiger partial charge in [0.2, 0.25) is 0 Å².